The zero-order valence-corrected chi connectivity index (χ0v) is 10.9. The Bertz CT molecular complexity index is 429. The SMILES string of the molecule is CC(C)C(C#N)C1(c2ccc(Cl)cc2)COC1. The van der Waals surface area contributed by atoms with Gasteiger partial charge in [-0.05, 0) is 23.6 Å². The van der Waals surface area contributed by atoms with Crippen molar-refractivity contribution in [3.8, 4) is 6.07 Å². The van der Waals surface area contributed by atoms with Gasteiger partial charge in [-0.3, -0.25) is 0 Å². The van der Waals surface area contributed by atoms with E-state index >= 15 is 0 Å². The predicted octanol–water partition coefficient (Wildman–Crippen LogP) is 3.40. The second-order valence-corrected chi connectivity index (χ2v) is 5.44. The van der Waals surface area contributed by atoms with E-state index in [0.29, 0.717) is 19.1 Å². The van der Waals surface area contributed by atoms with Crippen LogP contribution in [0, 0.1) is 23.2 Å². The molecule has 3 heteroatoms. The van der Waals surface area contributed by atoms with Crippen molar-refractivity contribution in [1.29, 1.82) is 5.26 Å². The van der Waals surface area contributed by atoms with Gasteiger partial charge in [0.05, 0.1) is 30.6 Å². The molecule has 1 atom stereocenters. The molecule has 1 aromatic rings. The molecule has 0 radical (unpaired) electrons. The van der Waals surface area contributed by atoms with Crippen molar-refractivity contribution in [3.63, 3.8) is 0 Å². The van der Waals surface area contributed by atoms with Gasteiger partial charge in [0.2, 0.25) is 0 Å². The summed E-state index contributed by atoms with van der Waals surface area (Å²) in [5, 5.41) is 10.1. The minimum atomic E-state index is -0.145. The first-order chi connectivity index (χ1) is 8.10. The smallest absolute Gasteiger partial charge is 0.0669 e. The number of nitriles is 1. The molecule has 90 valence electrons. The molecule has 1 heterocycles. The fraction of sp³-hybridized carbons (Fsp3) is 0.500. The van der Waals surface area contributed by atoms with Crippen molar-refractivity contribution in [1.82, 2.24) is 0 Å². The van der Waals surface area contributed by atoms with Crippen molar-refractivity contribution in [3.05, 3.63) is 34.9 Å². The van der Waals surface area contributed by atoms with Gasteiger partial charge in [0, 0.05) is 5.02 Å². The van der Waals surface area contributed by atoms with E-state index in [1.807, 2.05) is 24.3 Å². The lowest BCUT2D eigenvalue weighted by atomic mass is 9.65. The van der Waals surface area contributed by atoms with E-state index < -0.39 is 0 Å². The molecule has 0 N–H and O–H groups in total. The molecule has 0 spiro atoms. The van der Waals surface area contributed by atoms with Crippen LogP contribution in [0.25, 0.3) is 0 Å². The Hall–Kier alpha value is -1.04. The quantitative estimate of drug-likeness (QED) is 0.823. The monoisotopic (exact) mass is 249 g/mol. The number of benzene rings is 1. The number of ether oxygens (including phenoxy) is 1. The maximum Gasteiger partial charge on any atom is 0.0669 e. The molecule has 1 fully saturated rings. The molecule has 0 aromatic heterocycles. The molecule has 1 aliphatic heterocycles. The minimum Gasteiger partial charge on any atom is -0.379 e. The highest BCUT2D eigenvalue weighted by atomic mass is 35.5. The molecule has 2 rings (SSSR count). The lowest BCUT2D eigenvalue weighted by Crippen LogP contribution is -2.53. The highest BCUT2D eigenvalue weighted by Crippen LogP contribution is 2.42. The molecule has 1 aliphatic rings. The van der Waals surface area contributed by atoms with Gasteiger partial charge < -0.3 is 4.74 Å². The molecule has 2 nitrogen and oxygen atoms in total. The summed E-state index contributed by atoms with van der Waals surface area (Å²) < 4.78 is 5.37. The molecule has 0 amide bonds. The van der Waals surface area contributed by atoms with E-state index in [-0.39, 0.29) is 11.3 Å². The average molecular weight is 250 g/mol. The van der Waals surface area contributed by atoms with Crippen molar-refractivity contribution in [2.45, 2.75) is 19.3 Å². The highest BCUT2D eigenvalue weighted by molar-refractivity contribution is 6.30. The molecule has 1 unspecified atom stereocenters. The average Bonchev–Trinajstić information content (AvgIpc) is 2.24. The summed E-state index contributed by atoms with van der Waals surface area (Å²) in [6.07, 6.45) is 0. The normalized spacial score (nSPS) is 19.5. The number of hydrogen-bond donors (Lipinski definition) is 0. The van der Waals surface area contributed by atoms with Gasteiger partial charge in [0.25, 0.3) is 0 Å². The van der Waals surface area contributed by atoms with Crippen LogP contribution in [0.3, 0.4) is 0 Å². The van der Waals surface area contributed by atoms with E-state index in [9.17, 15) is 5.26 Å². The summed E-state index contributed by atoms with van der Waals surface area (Å²) in [6.45, 7) is 5.43. The standard InChI is InChI=1S/C14H16ClNO/c1-10(2)13(7-16)14(8-17-9-14)11-3-5-12(15)6-4-11/h3-6,10,13H,8-9H2,1-2H3. The lowest BCUT2D eigenvalue weighted by molar-refractivity contribution is -0.0876. The van der Waals surface area contributed by atoms with Crippen LogP contribution in [0.4, 0.5) is 0 Å². The van der Waals surface area contributed by atoms with Gasteiger partial charge in [0.1, 0.15) is 0 Å². The summed E-state index contributed by atoms with van der Waals surface area (Å²) in [5.41, 5.74) is 1.02. The minimum absolute atomic E-state index is 0.0163. The van der Waals surface area contributed by atoms with Crippen LogP contribution in [-0.2, 0) is 10.2 Å². The van der Waals surface area contributed by atoms with Crippen LogP contribution in [0.2, 0.25) is 5.02 Å². The third-order valence-corrected chi connectivity index (χ3v) is 3.79. The van der Waals surface area contributed by atoms with Gasteiger partial charge in [0.15, 0.2) is 0 Å². The summed E-state index contributed by atoms with van der Waals surface area (Å²) >= 11 is 5.90. The van der Waals surface area contributed by atoms with E-state index in [1.165, 1.54) is 0 Å². The third-order valence-electron chi connectivity index (χ3n) is 3.54. The Balaban J connectivity index is 2.38. The van der Waals surface area contributed by atoms with E-state index in [4.69, 9.17) is 16.3 Å². The Morgan fingerprint density at radius 1 is 1.29 bits per heavy atom. The largest absolute Gasteiger partial charge is 0.379 e. The molecule has 0 aliphatic carbocycles. The van der Waals surface area contributed by atoms with Crippen molar-refractivity contribution in [2.24, 2.45) is 11.8 Å². The van der Waals surface area contributed by atoms with Crippen LogP contribution < -0.4 is 0 Å². The zero-order chi connectivity index (χ0) is 12.5. The van der Waals surface area contributed by atoms with Crippen molar-refractivity contribution >= 4 is 11.6 Å². The van der Waals surface area contributed by atoms with Gasteiger partial charge in [-0.15, -0.1) is 0 Å². The summed E-state index contributed by atoms with van der Waals surface area (Å²) in [6, 6.07) is 10.2. The van der Waals surface area contributed by atoms with Gasteiger partial charge >= 0.3 is 0 Å². The highest BCUT2D eigenvalue weighted by Gasteiger charge is 2.48. The summed E-state index contributed by atoms with van der Waals surface area (Å²) in [5.74, 6) is 0.303. The number of rotatable bonds is 3. The first kappa shape index (κ1) is 12.4. The Morgan fingerprint density at radius 3 is 2.24 bits per heavy atom. The number of hydrogen-bond acceptors (Lipinski definition) is 2. The predicted molar refractivity (Wildman–Crippen MR) is 67.9 cm³/mol. The molecule has 0 saturated carbocycles. The van der Waals surface area contributed by atoms with Gasteiger partial charge in [-0.25, -0.2) is 0 Å². The van der Waals surface area contributed by atoms with Crippen LogP contribution in [-0.4, -0.2) is 13.2 Å². The van der Waals surface area contributed by atoms with Crippen molar-refractivity contribution < 1.29 is 4.74 Å². The van der Waals surface area contributed by atoms with E-state index in [1.54, 1.807) is 0 Å². The van der Waals surface area contributed by atoms with E-state index in [0.717, 1.165) is 10.6 Å². The molecular weight excluding hydrogens is 234 g/mol. The summed E-state index contributed by atoms with van der Waals surface area (Å²) in [7, 11) is 0. The second kappa shape index (κ2) is 4.68. The van der Waals surface area contributed by atoms with Gasteiger partial charge in [-0.2, -0.15) is 5.26 Å². The fourth-order valence-corrected chi connectivity index (χ4v) is 2.67. The topological polar surface area (TPSA) is 33.0 Å². The van der Waals surface area contributed by atoms with E-state index in [2.05, 4.69) is 19.9 Å². The van der Waals surface area contributed by atoms with Gasteiger partial charge in [-0.1, -0.05) is 37.6 Å². The lowest BCUT2D eigenvalue weighted by Gasteiger charge is -2.46. The van der Waals surface area contributed by atoms with Crippen LogP contribution in [0.5, 0.6) is 0 Å². The maximum absolute atomic E-state index is 9.38. The Morgan fingerprint density at radius 2 is 1.88 bits per heavy atom. The fourth-order valence-electron chi connectivity index (χ4n) is 2.54. The summed E-state index contributed by atoms with van der Waals surface area (Å²) in [4.78, 5) is 0. The third kappa shape index (κ3) is 2.06. The van der Waals surface area contributed by atoms with Crippen molar-refractivity contribution in [2.75, 3.05) is 13.2 Å². The Kier molecular flexibility index (Phi) is 3.42. The molecule has 1 aromatic carbocycles. The number of nitrogens with zero attached hydrogens (tertiary/aromatic N) is 1. The molecule has 17 heavy (non-hydrogen) atoms. The molecular formula is C14H16ClNO. The second-order valence-electron chi connectivity index (χ2n) is 5.01. The van der Waals surface area contributed by atoms with Crippen LogP contribution >= 0.6 is 11.6 Å². The first-order valence-corrected chi connectivity index (χ1v) is 6.21. The van der Waals surface area contributed by atoms with Crippen LogP contribution in [0.1, 0.15) is 19.4 Å². The maximum atomic E-state index is 9.38. The number of halogens is 1. The Labute approximate surface area is 107 Å². The first-order valence-electron chi connectivity index (χ1n) is 5.83. The molecule has 1 saturated heterocycles. The molecule has 0 bridgehead atoms. The van der Waals surface area contributed by atoms with Crippen LogP contribution in [0.15, 0.2) is 24.3 Å². The zero-order valence-electron chi connectivity index (χ0n) is 10.1.